The van der Waals surface area contributed by atoms with Crippen LogP contribution in [0.1, 0.15) is 22.5 Å². The number of ether oxygens (including phenoxy) is 1. The van der Waals surface area contributed by atoms with Crippen molar-refractivity contribution in [2.45, 2.75) is 24.9 Å². The number of piperidine rings is 1. The number of fused-ring (bicyclic) bond motifs is 1. The first-order valence-corrected chi connectivity index (χ1v) is 9.44. The molecule has 0 bridgehead atoms. The van der Waals surface area contributed by atoms with Crippen LogP contribution in [0.4, 0.5) is 17.6 Å². The van der Waals surface area contributed by atoms with Crippen LogP contribution in [0.25, 0.3) is 10.9 Å². The number of pyridine rings is 2. The van der Waals surface area contributed by atoms with E-state index in [-0.39, 0.29) is 31.1 Å². The van der Waals surface area contributed by atoms with E-state index in [9.17, 15) is 27.5 Å². The number of aliphatic hydroxyl groups is 1. The zero-order chi connectivity index (χ0) is 22.2. The Labute approximate surface area is 174 Å². The summed E-state index contributed by atoms with van der Waals surface area (Å²) in [6, 6.07) is 9.93. The summed E-state index contributed by atoms with van der Waals surface area (Å²) >= 11 is 0. The Morgan fingerprint density at radius 1 is 1.16 bits per heavy atom. The van der Waals surface area contributed by atoms with E-state index < -0.39 is 29.9 Å². The number of amides is 1. The summed E-state index contributed by atoms with van der Waals surface area (Å²) < 4.78 is 57.1. The summed E-state index contributed by atoms with van der Waals surface area (Å²) in [5.41, 5.74) is -0.233. The van der Waals surface area contributed by atoms with Crippen LogP contribution in [-0.4, -0.2) is 51.2 Å². The molecule has 1 N–H and O–H groups in total. The van der Waals surface area contributed by atoms with E-state index in [1.807, 2.05) is 0 Å². The van der Waals surface area contributed by atoms with Crippen LogP contribution >= 0.6 is 0 Å². The molecule has 0 saturated carbocycles. The molecule has 31 heavy (non-hydrogen) atoms. The molecule has 1 aromatic carbocycles. The summed E-state index contributed by atoms with van der Waals surface area (Å²) in [5.74, 6) is -0.0863. The number of carbonyl (C=O) groups excluding carboxylic acids is 1. The Hall–Kier alpha value is -3.27. The predicted molar refractivity (Wildman–Crippen MR) is 102 cm³/mol. The van der Waals surface area contributed by atoms with Crippen molar-refractivity contribution >= 4 is 16.8 Å². The first-order chi connectivity index (χ1) is 14.7. The Kier molecular flexibility index (Phi) is 5.48. The van der Waals surface area contributed by atoms with E-state index in [1.54, 1.807) is 24.3 Å². The average molecular weight is 435 g/mol. The van der Waals surface area contributed by atoms with Gasteiger partial charge in [0.25, 0.3) is 5.91 Å². The van der Waals surface area contributed by atoms with E-state index in [0.717, 1.165) is 12.1 Å². The highest BCUT2D eigenvalue weighted by Crippen LogP contribution is 2.30. The van der Waals surface area contributed by atoms with Gasteiger partial charge in [0, 0.05) is 24.2 Å². The third kappa shape index (κ3) is 4.58. The first kappa shape index (κ1) is 21.0. The molecule has 0 aliphatic carbocycles. The van der Waals surface area contributed by atoms with E-state index in [2.05, 4.69) is 9.97 Å². The highest BCUT2D eigenvalue weighted by Gasteiger charge is 2.31. The molecule has 4 rings (SSSR count). The summed E-state index contributed by atoms with van der Waals surface area (Å²) in [7, 11) is 0. The van der Waals surface area contributed by atoms with Crippen molar-refractivity contribution in [3.63, 3.8) is 0 Å². The number of aliphatic hydroxyl groups excluding tert-OH is 1. The lowest BCUT2D eigenvalue weighted by atomic mass is 10.1. The fourth-order valence-electron chi connectivity index (χ4n) is 3.25. The lowest BCUT2D eigenvalue weighted by molar-refractivity contribution is -0.137. The van der Waals surface area contributed by atoms with Gasteiger partial charge in [0.1, 0.15) is 17.6 Å². The highest BCUT2D eigenvalue weighted by atomic mass is 19.4. The highest BCUT2D eigenvalue weighted by molar-refractivity contribution is 5.95. The van der Waals surface area contributed by atoms with Crippen molar-refractivity contribution < 1.29 is 32.2 Å². The number of rotatable bonds is 3. The number of alkyl halides is 4. The van der Waals surface area contributed by atoms with Gasteiger partial charge in [0.15, 0.2) is 0 Å². The van der Waals surface area contributed by atoms with Crippen molar-refractivity contribution in [3.05, 3.63) is 59.9 Å². The van der Waals surface area contributed by atoms with Gasteiger partial charge in [-0.2, -0.15) is 13.2 Å². The second kappa shape index (κ2) is 8.10. The van der Waals surface area contributed by atoms with Gasteiger partial charge in [-0.3, -0.25) is 4.79 Å². The van der Waals surface area contributed by atoms with E-state index in [4.69, 9.17) is 4.74 Å². The van der Waals surface area contributed by atoms with Crippen molar-refractivity contribution in [1.82, 2.24) is 14.9 Å². The topological polar surface area (TPSA) is 75.5 Å². The van der Waals surface area contributed by atoms with Crippen molar-refractivity contribution in [2.75, 3.05) is 13.1 Å². The molecule has 0 unspecified atom stereocenters. The molecular weight excluding hydrogens is 418 g/mol. The van der Waals surface area contributed by atoms with Crippen LogP contribution in [0.3, 0.4) is 0 Å². The van der Waals surface area contributed by atoms with Crippen molar-refractivity contribution in [3.8, 4) is 11.6 Å². The fraction of sp³-hybridized carbons (Fsp3) is 0.286. The molecule has 0 radical (unpaired) electrons. The smallest absolute Gasteiger partial charge is 0.417 e. The number of aromatic nitrogens is 2. The Morgan fingerprint density at radius 3 is 2.65 bits per heavy atom. The van der Waals surface area contributed by atoms with Crippen LogP contribution in [0.5, 0.6) is 11.6 Å². The standard InChI is InChI=1S/C21H17F4N3O3/c22-15-11-28(8-7-18(15)29)20(30)17-4-1-12-9-14(3-5-16(12)27-17)31-19-6-2-13(10-26-19)21(23,24)25/h1-6,9-10,15,18,29H,7-8,11H2/t15-,18-/m0/s1. The third-order valence-corrected chi connectivity index (χ3v) is 4.96. The zero-order valence-electron chi connectivity index (χ0n) is 16.0. The Bertz CT molecular complexity index is 1110. The molecule has 1 aliphatic rings. The molecule has 2 aromatic heterocycles. The maximum absolute atomic E-state index is 13.7. The third-order valence-electron chi connectivity index (χ3n) is 4.96. The molecule has 1 amide bonds. The van der Waals surface area contributed by atoms with E-state index in [1.165, 1.54) is 11.0 Å². The number of carbonyl (C=O) groups is 1. The summed E-state index contributed by atoms with van der Waals surface area (Å²) in [5, 5.41) is 10.1. The first-order valence-electron chi connectivity index (χ1n) is 9.44. The van der Waals surface area contributed by atoms with Gasteiger partial charge in [-0.1, -0.05) is 6.07 Å². The van der Waals surface area contributed by atoms with Gasteiger partial charge in [0.2, 0.25) is 5.88 Å². The minimum Gasteiger partial charge on any atom is -0.439 e. The van der Waals surface area contributed by atoms with Crippen molar-refractivity contribution in [2.24, 2.45) is 0 Å². The molecule has 3 heterocycles. The second-order valence-corrected chi connectivity index (χ2v) is 7.16. The van der Waals surface area contributed by atoms with E-state index >= 15 is 0 Å². The van der Waals surface area contributed by atoms with Crippen molar-refractivity contribution in [1.29, 1.82) is 0 Å². The van der Waals surface area contributed by atoms with Crippen LogP contribution in [0, 0.1) is 0 Å². The van der Waals surface area contributed by atoms with Crippen LogP contribution in [-0.2, 0) is 6.18 Å². The maximum atomic E-state index is 13.7. The molecule has 0 spiro atoms. The number of hydrogen-bond donors (Lipinski definition) is 1. The second-order valence-electron chi connectivity index (χ2n) is 7.16. The average Bonchev–Trinajstić information content (AvgIpc) is 2.74. The molecule has 10 heteroatoms. The molecule has 1 fully saturated rings. The van der Waals surface area contributed by atoms with Gasteiger partial charge in [-0.05, 0) is 36.8 Å². The molecule has 1 saturated heterocycles. The largest absolute Gasteiger partial charge is 0.439 e. The summed E-state index contributed by atoms with van der Waals surface area (Å²) in [4.78, 5) is 21.9. The van der Waals surface area contributed by atoms with Gasteiger partial charge in [0.05, 0.1) is 23.7 Å². The molecule has 6 nitrogen and oxygen atoms in total. The van der Waals surface area contributed by atoms with Gasteiger partial charge < -0.3 is 14.7 Å². The number of benzene rings is 1. The minimum absolute atomic E-state index is 0.000157. The fourth-order valence-corrected chi connectivity index (χ4v) is 3.25. The van der Waals surface area contributed by atoms with Gasteiger partial charge in [-0.15, -0.1) is 0 Å². The SMILES string of the molecule is O=C(c1ccc2cc(Oc3ccc(C(F)(F)F)cn3)ccc2n1)N1CC[C@H](O)[C@@H](F)C1. The minimum atomic E-state index is -4.48. The number of halogens is 4. The summed E-state index contributed by atoms with van der Waals surface area (Å²) in [6.07, 6.45) is -6.17. The number of nitrogens with zero attached hydrogens (tertiary/aromatic N) is 3. The van der Waals surface area contributed by atoms with Gasteiger partial charge in [-0.25, -0.2) is 14.4 Å². The quantitative estimate of drug-likeness (QED) is 0.630. The Morgan fingerprint density at radius 2 is 1.97 bits per heavy atom. The number of hydrogen-bond acceptors (Lipinski definition) is 5. The van der Waals surface area contributed by atoms with E-state index in [0.29, 0.717) is 22.8 Å². The van der Waals surface area contributed by atoms with Gasteiger partial charge >= 0.3 is 6.18 Å². The monoisotopic (exact) mass is 435 g/mol. The molecular formula is C21H17F4N3O3. The zero-order valence-corrected chi connectivity index (χ0v) is 16.0. The molecule has 3 aromatic rings. The molecule has 162 valence electrons. The van der Waals surface area contributed by atoms with Crippen LogP contribution in [0.15, 0.2) is 48.7 Å². The normalized spacial score (nSPS) is 19.5. The molecule has 1 aliphatic heterocycles. The number of likely N-dealkylation sites (tertiary alicyclic amines) is 1. The lowest BCUT2D eigenvalue weighted by Gasteiger charge is -2.32. The maximum Gasteiger partial charge on any atom is 0.417 e. The predicted octanol–water partition coefficient (Wildman–Crippen LogP) is 3.99. The molecule has 2 atom stereocenters. The lowest BCUT2D eigenvalue weighted by Crippen LogP contribution is -2.47. The Balaban J connectivity index is 1.50. The van der Waals surface area contributed by atoms with Crippen LogP contribution in [0.2, 0.25) is 0 Å². The van der Waals surface area contributed by atoms with Crippen LogP contribution < -0.4 is 4.74 Å². The summed E-state index contributed by atoms with van der Waals surface area (Å²) in [6.45, 7) is 0.0552.